The first-order valence-corrected chi connectivity index (χ1v) is 11.3. The third-order valence-electron chi connectivity index (χ3n) is 6.41. The number of likely N-dealkylation sites (tertiary alicyclic amines) is 1. The molecular weight excluding hydrogens is 447 g/mol. The number of halogens is 5. The molecule has 0 bridgehead atoms. The van der Waals surface area contributed by atoms with Gasteiger partial charge in [0.15, 0.2) is 0 Å². The lowest BCUT2D eigenvalue weighted by molar-refractivity contribution is -0.131. The van der Waals surface area contributed by atoms with Gasteiger partial charge in [-0.1, -0.05) is 25.1 Å². The van der Waals surface area contributed by atoms with E-state index < -0.39 is 35.3 Å². The summed E-state index contributed by atoms with van der Waals surface area (Å²) in [5.74, 6) is -5.01. The molecule has 1 aliphatic heterocycles. The lowest BCUT2D eigenvalue weighted by Crippen LogP contribution is -2.46. The average Bonchev–Trinajstić information content (AvgIpc) is 3.44. The topological polar surface area (TPSA) is 32.3 Å². The van der Waals surface area contributed by atoms with Crippen LogP contribution in [0.5, 0.6) is 0 Å². The van der Waals surface area contributed by atoms with Crippen LogP contribution >= 0.6 is 11.9 Å². The van der Waals surface area contributed by atoms with Crippen molar-refractivity contribution in [3.05, 3.63) is 59.4 Å². The molecule has 9 heteroatoms. The van der Waals surface area contributed by atoms with Gasteiger partial charge in [0.1, 0.15) is 17.5 Å². The van der Waals surface area contributed by atoms with Crippen LogP contribution in [-0.4, -0.2) is 35.2 Å². The number of carbonyl (C=O) groups excluding carboxylic acids is 1. The summed E-state index contributed by atoms with van der Waals surface area (Å²) in [7, 11) is 0. The molecule has 1 aliphatic carbocycles. The highest BCUT2D eigenvalue weighted by molar-refractivity contribution is 7.97. The average molecular weight is 471 g/mol. The van der Waals surface area contributed by atoms with Gasteiger partial charge in [-0.15, -0.1) is 0 Å². The summed E-state index contributed by atoms with van der Waals surface area (Å²) in [6.45, 7) is 2.18. The fourth-order valence-corrected chi connectivity index (χ4v) is 5.36. The molecule has 2 aromatic carbocycles. The minimum atomic E-state index is -2.62. The van der Waals surface area contributed by atoms with Crippen molar-refractivity contribution < 1.29 is 26.7 Å². The Morgan fingerprint density at radius 1 is 1.19 bits per heavy atom. The Morgan fingerprint density at radius 3 is 2.47 bits per heavy atom. The SMILES string of the molecule is CCC(=O)N1CC2(CC2)C(NSC(F)F)C1Cc1cccc(-c2cc(F)cc(F)c2)c1F. The van der Waals surface area contributed by atoms with Gasteiger partial charge in [0.05, 0.1) is 6.04 Å². The summed E-state index contributed by atoms with van der Waals surface area (Å²) in [6.07, 6.45) is 1.98. The standard InChI is InChI=1S/C23H23F5N2OS/c1-2-19(31)30-12-23(6-7-23)21(29-32-22(27)28)18(30)10-13-4-3-5-17(20(13)26)14-8-15(24)11-16(25)9-14/h3-5,8-9,11,18,21-22,29H,2,6-7,10,12H2,1H3. The van der Waals surface area contributed by atoms with Gasteiger partial charge in [-0.25, -0.2) is 13.2 Å². The number of alkyl halides is 2. The van der Waals surface area contributed by atoms with Gasteiger partial charge < -0.3 is 4.90 Å². The maximum absolute atomic E-state index is 15.4. The van der Waals surface area contributed by atoms with Crippen LogP contribution < -0.4 is 4.72 Å². The fraction of sp³-hybridized carbons (Fsp3) is 0.435. The van der Waals surface area contributed by atoms with E-state index in [1.54, 1.807) is 24.0 Å². The van der Waals surface area contributed by atoms with Gasteiger partial charge in [-0.3, -0.25) is 9.52 Å². The first kappa shape index (κ1) is 23.0. The first-order valence-electron chi connectivity index (χ1n) is 10.5. The Labute approximate surface area is 187 Å². The minimum absolute atomic E-state index is 0.0415. The van der Waals surface area contributed by atoms with Gasteiger partial charge in [0, 0.05) is 36.1 Å². The second-order valence-electron chi connectivity index (χ2n) is 8.42. The third-order valence-corrected chi connectivity index (χ3v) is 6.98. The number of nitrogens with one attached hydrogen (secondary N) is 1. The Morgan fingerprint density at radius 2 is 1.88 bits per heavy atom. The van der Waals surface area contributed by atoms with Crippen LogP contribution in [-0.2, 0) is 11.2 Å². The molecule has 1 amide bonds. The molecule has 1 spiro atoms. The molecule has 1 heterocycles. The molecule has 2 aliphatic rings. The second kappa shape index (κ2) is 9.02. The summed E-state index contributed by atoms with van der Waals surface area (Å²) < 4.78 is 71.4. The molecule has 1 N–H and O–H groups in total. The Hall–Kier alpha value is -2.13. The highest BCUT2D eigenvalue weighted by Gasteiger charge is 2.60. The smallest absolute Gasteiger partial charge is 0.297 e. The molecule has 2 aromatic rings. The zero-order valence-electron chi connectivity index (χ0n) is 17.4. The maximum atomic E-state index is 15.4. The number of benzene rings is 2. The predicted molar refractivity (Wildman–Crippen MR) is 113 cm³/mol. The molecular formula is C23H23F5N2OS. The number of hydrogen-bond donors (Lipinski definition) is 1. The molecule has 1 saturated carbocycles. The molecule has 172 valence electrons. The van der Waals surface area contributed by atoms with E-state index in [2.05, 4.69) is 4.72 Å². The van der Waals surface area contributed by atoms with Crippen molar-refractivity contribution in [1.82, 2.24) is 9.62 Å². The zero-order chi connectivity index (χ0) is 23.0. The third kappa shape index (κ3) is 4.50. The second-order valence-corrected chi connectivity index (χ2v) is 9.25. The molecule has 4 rings (SSSR count). The van der Waals surface area contributed by atoms with Crippen LogP contribution in [0.1, 0.15) is 31.7 Å². The summed E-state index contributed by atoms with van der Waals surface area (Å²) in [5.41, 5.74) is 0.0887. The van der Waals surface area contributed by atoms with Gasteiger partial charge in [0.2, 0.25) is 5.91 Å². The van der Waals surface area contributed by atoms with Crippen LogP contribution in [0.4, 0.5) is 22.0 Å². The molecule has 2 unspecified atom stereocenters. The van der Waals surface area contributed by atoms with E-state index in [0.717, 1.165) is 25.0 Å². The van der Waals surface area contributed by atoms with Crippen LogP contribution in [0.25, 0.3) is 11.1 Å². The van der Waals surface area contributed by atoms with E-state index in [4.69, 9.17) is 0 Å². The summed E-state index contributed by atoms with van der Waals surface area (Å²) in [6, 6.07) is 6.47. The van der Waals surface area contributed by atoms with Crippen LogP contribution in [0.15, 0.2) is 36.4 Å². The van der Waals surface area contributed by atoms with Crippen LogP contribution in [0, 0.1) is 22.9 Å². The number of carbonyl (C=O) groups is 1. The van der Waals surface area contributed by atoms with Gasteiger partial charge in [0.25, 0.3) is 5.76 Å². The minimum Gasteiger partial charge on any atom is -0.337 e. The van der Waals surface area contributed by atoms with Crippen molar-refractivity contribution >= 4 is 17.9 Å². The molecule has 2 fully saturated rings. The van der Waals surface area contributed by atoms with E-state index in [-0.39, 0.29) is 40.9 Å². The van der Waals surface area contributed by atoms with E-state index in [0.29, 0.717) is 24.6 Å². The van der Waals surface area contributed by atoms with Crippen molar-refractivity contribution in [1.29, 1.82) is 0 Å². The molecule has 0 aromatic heterocycles. The normalized spacial score (nSPS) is 21.5. The lowest BCUT2D eigenvalue weighted by atomic mass is 9.91. The number of rotatable bonds is 7. The van der Waals surface area contributed by atoms with E-state index in [1.807, 2.05) is 0 Å². The molecule has 32 heavy (non-hydrogen) atoms. The summed E-state index contributed by atoms with van der Waals surface area (Å²) in [5, 5.41) is 0. The van der Waals surface area contributed by atoms with Gasteiger partial charge in [-0.2, -0.15) is 8.78 Å². The quantitative estimate of drug-likeness (QED) is 0.426. The van der Waals surface area contributed by atoms with Crippen molar-refractivity contribution in [2.45, 2.75) is 50.4 Å². The van der Waals surface area contributed by atoms with Crippen molar-refractivity contribution in [2.24, 2.45) is 5.41 Å². The number of amides is 1. The van der Waals surface area contributed by atoms with E-state index in [1.165, 1.54) is 6.07 Å². The highest BCUT2D eigenvalue weighted by Crippen LogP contribution is 2.56. The van der Waals surface area contributed by atoms with Crippen molar-refractivity contribution in [3.8, 4) is 11.1 Å². The van der Waals surface area contributed by atoms with Crippen LogP contribution in [0.3, 0.4) is 0 Å². The van der Waals surface area contributed by atoms with Crippen LogP contribution in [0.2, 0.25) is 0 Å². The van der Waals surface area contributed by atoms with Gasteiger partial charge >= 0.3 is 0 Å². The van der Waals surface area contributed by atoms with E-state index in [9.17, 15) is 22.4 Å². The molecule has 1 saturated heterocycles. The lowest BCUT2D eigenvalue weighted by Gasteiger charge is -2.29. The Balaban J connectivity index is 1.67. The maximum Gasteiger partial charge on any atom is 0.297 e. The molecule has 0 radical (unpaired) electrons. The summed E-state index contributed by atoms with van der Waals surface area (Å²) >= 11 is 0.316. The van der Waals surface area contributed by atoms with E-state index >= 15 is 4.39 Å². The van der Waals surface area contributed by atoms with Crippen molar-refractivity contribution in [3.63, 3.8) is 0 Å². The summed E-state index contributed by atoms with van der Waals surface area (Å²) in [4.78, 5) is 14.3. The fourth-order valence-electron chi connectivity index (χ4n) is 4.70. The predicted octanol–water partition coefficient (Wildman–Crippen LogP) is 5.54. The first-order chi connectivity index (χ1) is 15.2. The number of nitrogens with zero attached hydrogens (tertiary/aromatic N) is 1. The largest absolute Gasteiger partial charge is 0.337 e. The number of hydrogen-bond acceptors (Lipinski definition) is 3. The zero-order valence-corrected chi connectivity index (χ0v) is 18.2. The molecule has 2 atom stereocenters. The Bertz CT molecular complexity index is 994. The van der Waals surface area contributed by atoms with Gasteiger partial charge in [-0.05, 0) is 54.5 Å². The highest BCUT2D eigenvalue weighted by atomic mass is 32.2. The Kier molecular flexibility index (Phi) is 6.49. The molecule has 3 nitrogen and oxygen atoms in total. The van der Waals surface area contributed by atoms with Crippen molar-refractivity contribution in [2.75, 3.05) is 6.54 Å². The monoisotopic (exact) mass is 470 g/mol.